The highest BCUT2D eigenvalue weighted by molar-refractivity contribution is 5.75. The molecular weight excluding hydrogens is 187 g/mol. The molecule has 0 aromatic rings. The molecule has 0 bridgehead atoms. The number of carboxylic acid groups (broad SMARTS) is 1. The molecule has 0 amide bonds. The molecule has 1 aliphatic heterocycles. The minimum absolute atomic E-state index is 0.00167. The van der Waals surface area contributed by atoms with Crippen molar-refractivity contribution in [3.8, 4) is 0 Å². The number of alkyl halides is 1. The van der Waals surface area contributed by atoms with Crippen molar-refractivity contribution in [1.29, 1.82) is 0 Å². The summed E-state index contributed by atoms with van der Waals surface area (Å²) in [5.74, 6) is -0.913. The van der Waals surface area contributed by atoms with E-state index < -0.39 is 17.6 Å². The van der Waals surface area contributed by atoms with Gasteiger partial charge in [0.1, 0.15) is 11.6 Å². The van der Waals surface area contributed by atoms with E-state index in [9.17, 15) is 9.18 Å². The van der Waals surface area contributed by atoms with E-state index >= 15 is 0 Å². The lowest BCUT2D eigenvalue weighted by molar-refractivity contribution is -0.168. The van der Waals surface area contributed by atoms with Crippen molar-refractivity contribution in [3.63, 3.8) is 0 Å². The zero-order valence-electron chi connectivity index (χ0n) is 8.62. The molecule has 1 fully saturated rings. The first kappa shape index (κ1) is 11.4. The van der Waals surface area contributed by atoms with Crippen LogP contribution in [0.5, 0.6) is 0 Å². The summed E-state index contributed by atoms with van der Waals surface area (Å²) in [4.78, 5) is 11.1. The maximum atomic E-state index is 13.7. The molecule has 1 heterocycles. The van der Waals surface area contributed by atoms with E-state index in [0.29, 0.717) is 13.0 Å². The maximum Gasteiger partial charge on any atom is 0.314 e. The Balaban J connectivity index is 2.83. The summed E-state index contributed by atoms with van der Waals surface area (Å²) in [5.41, 5.74) is -1.31. The van der Waals surface area contributed by atoms with Gasteiger partial charge in [-0.25, -0.2) is 4.39 Å². The quantitative estimate of drug-likeness (QED) is 0.763. The van der Waals surface area contributed by atoms with Crippen molar-refractivity contribution in [2.45, 2.75) is 32.9 Å². The molecule has 4 heteroatoms. The van der Waals surface area contributed by atoms with Gasteiger partial charge in [0.2, 0.25) is 0 Å². The second kappa shape index (κ2) is 4.26. The zero-order valence-corrected chi connectivity index (χ0v) is 8.62. The summed E-state index contributed by atoms with van der Waals surface area (Å²) in [6, 6.07) is 0. The fourth-order valence-electron chi connectivity index (χ4n) is 2.01. The summed E-state index contributed by atoms with van der Waals surface area (Å²) in [6.45, 7) is 4.12. The van der Waals surface area contributed by atoms with E-state index in [2.05, 4.69) is 0 Å². The largest absolute Gasteiger partial charge is 0.481 e. The molecule has 1 rings (SSSR count). The number of carbonyl (C=O) groups is 1. The fraction of sp³-hybridized carbons (Fsp3) is 0.900. The number of halogens is 1. The number of aliphatic carboxylic acids is 1. The Morgan fingerprint density at radius 3 is 2.79 bits per heavy atom. The van der Waals surface area contributed by atoms with Crippen molar-refractivity contribution in [2.75, 3.05) is 13.2 Å². The highest BCUT2D eigenvalue weighted by Crippen LogP contribution is 2.37. The molecule has 14 heavy (non-hydrogen) atoms. The molecule has 82 valence electrons. The molecule has 0 aliphatic carbocycles. The number of carboxylic acids is 1. The van der Waals surface area contributed by atoms with Gasteiger partial charge in [-0.2, -0.15) is 0 Å². The van der Waals surface area contributed by atoms with Crippen LogP contribution in [0, 0.1) is 11.3 Å². The average Bonchev–Trinajstić information content (AvgIpc) is 2.08. The molecular formula is C10H17FO3. The van der Waals surface area contributed by atoms with Gasteiger partial charge in [0.25, 0.3) is 0 Å². The molecule has 1 N–H and O–H groups in total. The van der Waals surface area contributed by atoms with Crippen LogP contribution in [0.3, 0.4) is 0 Å². The third-order valence-corrected chi connectivity index (χ3v) is 2.67. The molecule has 3 nitrogen and oxygen atoms in total. The number of hydrogen-bond donors (Lipinski definition) is 1. The predicted molar refractivity (Wildman–Crippen MR) is 49.9 cm³/mol. The summed E-state index contributed by atoms with van der Waals surface area (Å²) in [6.07, 6.45) is -0.751. The van der Waals surface area contributed by atoms with Gasteiger partial charge in [-0.05, 0) is 12.3 Å². The summed E-state index contributed by atoms with van der Waals surface area (Å²) in [5, 5.41) is 9.09. The van der Waals surface area contributed by atoms with Gasteiger partial charge < -0.3 is 9.84 Å². The second-order valence-corrected chi connectivity index (χ2v) is 4.37. The highest BCUT2D eigenvalue weighted by Gasteiger charge is 2.49. The van der Waals surface area contributed by atoms with Crippen molar-refractivity contribution in [3.05, 3.63) is 0 Å². The summed E-state index contributed by atoms with van der Waals surface area (Å²) in [7, 11) is 0. The number of hydrogen-bond acceptors (Lipinski definition) is 2. The van der Waals surface area contributed by atoms with Crippen molar-refractivity contribution < 1.29 is 19.0 Å². The van der Waals surface area contributed by atoms with Gasteiger partial charge in [-0.15, -0.1) is 0 Å². The molecule has 0 radical (unpaired) electrons. The molecule has 0 saturated carbocycles. The summed E-state index contributed by atoms with van der Waals surface area (Å²) >= 11 is 0. The molecule has 1 aliphatic rings. The Labute approximate surface area is 83.3 Å². The van der Waals surface area contributed by atoms with Gasteiger partial charge in [0.15, 0.2) is 0 Å². The van der Waals surface area contributed by atoms with Crippen LogP contribution in [0.1, 0.15) is 26.7 Å². The zero-order chi connectivity index (χ0) is 10.8. The normalized spacial score (nSPS) is 33.3. The number of ether oxygens (including phenoxy) is 1. The molecule has 2 unspecified atom stereocenters. The third-order valence-electron chi connectivity index (χ3n) is 2.67. The number of rotatable bonds is 3. The Morgan fingerprint density at radius 2 is 2.36 bits per heavy atom. The Hall–Kier alpha value is -0.640. The van der Waals surface area contributed by atoms with E-state index in [1.165, 1.54) is 0 Å². The smallest absolute Gasteiger partial charge is 0.314 e. The average molecular weight is 204 g/mol. The van der Waals surface area contributed by atoms with Crippen LogP contribution in [0.25, 0.3) is 0 Å². The minimum Gasteiger partial charge on any atom is -0.481 e. The van der Waals surface area contributed by atoms with Gasteiger partial charge in [-0.1, -0.05) is 13.8 Å². The summed E-state index contributed by atoms with van der Waals surface area (Å²) < 4.78 is 18.8. The Bertz CT molecular complexity index is 217. The van der Waals surface area contributed by atoms with E-state index in [1.807, 2.05) is 13.8 Å². The highest BCUT2D eigenvalue weighted by atomic mass is 19.1. The predicted octanol–water partition coefficient (Wildman–Crippen LogP) is 1.86. The Morgan fingerprint density at radius 1 is 1.71 bits per heavy atom. The van der Waals surface area contributed by atoms with E-state index in [-0.39, 0.29) is 18.9 Å². The van der Waals surface area contributed by atoms with Crippen LogP contribution < -0.4 is 0 Å². The topological polar surface area (TPSA) is 46.5 Å². The maximum absolute atomic E-state index is 13.7. The van der Waals surface area contributed by atoms with Crippen molar-refractivity contribution >= 4 is 5.97 Å². The minimum atomic E-state index is -1.31. The lowest BCUT2D eigenvalue weighted by Gasteiger charge is -2.37. The van der Waals surface area contributed by atoms with Gasteiger partial charge >= 0.3 is 5.97 Å². The Kier molecular flexibility index (Phi) is 3.48. The van der Waals surface area contributed by atoms with E-state index in [0.717, 1.165) is 0 Å². The molecule has 2 atom stereocenters. The monoisotopic (exact) mass is 204 g/mol. The van der Waals surface area contributed by atoms with Crippen LogP contribution in [0.15, 0.2) is 0 Å². The van der Waals surface area contributed by atoms with Crippen LogP contribution in [-0.2, 0) is 9.53 Å². The first-order chi connectivity index (χ1) is 6.49. The first-order valence-electron chi connectivity index (χ1n) is 4.94. The molecule has 0 aromatic carbocycles. The van der Waals surface area contributed by atoms with Crippen molar-refractivity contribution in [2.24, 2.45) is 11.3 Å². The lowest BCUT2D eigenvalue weighted by Crippen LogP contribution is -2.48. The molecule has 0 spiro atoms. The van der Waals surface area contributed by atoms with Crippen LogP contribution in [0.2, 0.25) is 0 Å². The lowest BCUT2D eigenvalue weighted by atomic mass is 9.74. The van der Waals surface area contributed by atoms with Gasteiger partial charge in [-0.3, -0.25) is 4.79 Å². The first-order valence-corrected chi connectivity index (χ1v) is 4.94. The van der Waals surface area contributed by atoms with Gasteiger partial charge in [0, 0.05) is 13.0 Å². The SMILES string of the molecule is CC(C)CC1(C(=O)O)COCCC1F. The van der Waals surface area contributed by atoms with Gasteiger partial charge in [0.05, 0.1) is 6.61 Å². The third kappa shape index (κ3) is 2.05. The van der Waals surface area contributed by atoms with E-state index in [4.69, 9.17) is 9.84 Å². The van der Waals surface area contributed by atoms with Crippen molar-refractivity contribution in [1.82, 2.24) is 0 Å². The standard InChI is InChI=1S/C10H17FO3/c1-7(2)5-10(9(12)13)6-14-4-3-8(10)11/h7-8H,3-6H2,1-2H3,(H,12,13). The van der Waals surface area contributed by atoms with E-state index in [1.54, 1.807) is 0 Å². The molecule has 1 saturated heterocycles. The van der Waals surface area contributed by atoms with Crippen LogP contribution in [0.4, 0.5) is 4.39 Å². The van der Waals surface area contributed by atoms with Crippen LogP contribution in [-0.4, -0.2) is 30.5 Å². The molecule has 0 aromatic heterocycles. The fourth-order valence-corrected chi connectivity index (χ4v) is 2.01. The second-order valence-electron chi connectivity index (χ2n) is 4.37. The van der Waals surface area contributed by atoms with Crippen LogP contribution >= 0.6 is 0 Å².